The number of carbonyl (C=O) groups is 1. The van der Waals surface area contributed by atoms with Gasteiger partial charge in [-0.15, -0.1) is 0 Å². The molecule has 0 aromatic heterocycles. The van der Waals surface area contributed by atoms with Crippen LogP contribution >= 0.6 is 0 Å². The van der Waals surface area contributed by atoms with Gasteiger partial charge in [-0.05, 0) is 30.9 Å². The lowest BCUT2D eigenvalue weighted by atomic mass is 10.1. The third-order valence-electron chi connectivity index (χ3n) is 3.57. The molecule has 1 unspecified atom stereocenters. The van der Waals surface area contributed by atoms with Gasteiger partial charge in [0, 0.05) is 25.3 Å². The van der Waals surface area contributed by atoms with E-state index in [4.69, 9.17) is 5.11 Å². The molecule has 1 aliphatic heterocycles. The molecule has 1 aromatic carbocycles. The first-order valence-corrected chi connectivity index (χ1v) is 6.43. The molecular weight excluding hydrogens is 252 g/mol. The Balaban J connectivity index is 1.98. The highest BCUT2D eigenvalue weighted by Gasteiger charge is 2.26. The molecule has 1 amide bonds. The number of carbonyl (C=O) groups excluding carboxylic acids is 1. The van der Waals surface area contributed by atoms with Gasteiger partial charge in [-0.25, -0.2) is 8.78 Å². The van der Waals surface area contributed by atoms with Gasteiger partial charge in [-0.2, -0.15) is 0 Å². The maximum Gasteiger partial charge on any atom is 0.227 e. The number of rotatable bonds is 4. The molecule has 2 rings (SSSR count). The van der Waals surface area contributed by atoms with E-state index in [-0.39, 0.29) is 24.5 Å². The first kappa shape index (κ1) is 13.9. The van der Waals surface area contributed by atoms with E-state index in [2.05, 4.69) is 0 Å². The minimum Gasteiger partial charge on any atom is -0.396 e. The molecule has 0 radical (unpaired) electrons. The lowest BCUT2D eigenvalue weighted by Crippen LogP contribution is -2.30. The summed E-state index contributed by atoms with van der Waals surface area (Å²) >= 11 is 0. The second-order valence-electron chi connectivity index (χ2n) is 4.88. The van der Waals surface area contributed by atoms with Crippen molar-refractivity contribution in [1.82, 2.24) is 4.90 Å². The largest absolute Gasteiger partial charge is 0.396 e. The lowest BCUT2D eigenvalue weighted by molar-refractivity contribution is -0.129. The Hall–Kier alpha value is -1.49. The SMILES string of the molecule is O=C(Cc1c(F)cccc1F)N1CCC(CCO)C1. The van der Waals surface area contributed by atoms with Gasteiger partial charge in [0.2, 0.25) is 5.91 Å². The number of hydrogen-bond acceptors (Lipinski definition) is 2. The fourth-order valence-electron chi connectivity index (χ4n) is 2.44. The quantitative estimate of drug-likeness (QED) is 0.904. The molecule has 0 saturated carbocycles. The summed E-state index contributed by atoms with van der Waals surface area (Å²) in [5, 5.41) is 8.86. The monoisotopic (exact) mass is 269 g/mol. The van der Waals surface area contributed by atoms with Gasteiger partial charge in [-0.3, -0.25) is 4.79 Å². The molecule has 1 fully saturated rings. The molecule has 0 spiro atoms. The van der Waals surface area contributed by atoms with Crippen LogP contribution < -0.4 is 0 Å². The first-order valence-electron chi connectivity index (χ1n) is 6.43. The number of amides is 1. The number of aliphatic hydroxyl groups excluding tert-OH is 1. The second-order valence-corrected chi connectivity index (χ2v) is 4.88. The van der Waals surface area contributed by atoms with E-state index in [1.165, 1.54) is 6.07 Å². The van der Waals surface area contributed by atoms with E-state index < -0.39 is 11.6 Å². The zero-order chi connectivity index (χ0) is 13.8. The molecular formula is C14H17F2NO2. The van der Waals surface area contributed by atoms with Crippen molar-refractivity contribution in [2.24, 2.45) is 5.92 Å². The minimum absolute atomic E-state index is 0.106. The van der Waals surface area contributed by atoms with E-state index >= 15 is 0 Å². The zero-order valence-corrected chi connectivity index (χ0v) is 10.6. The predicted octanol–water partition coefficient (Wildman–Crippen LogP) is 1.74. The predicted molar refractivity (Wildman–Crippen MR) is 66.5 cm³/mol. The molecule has 0 aliphatic carbocycles. The fraction of sp³-hybridized carbons (Fsp3) is 0.500. The lowest BCUT2D eigenvalue weighted by Gasteiger charge is -2.16. The highest BCUT2D eigenvalue weighted by atomic mass is 19.1. The number of nitrogens with zero attached hydrogens (tertiary/aromatic N) is 1. The van der Waals surface area contributed by atoms with Crippen LogP contribution in [0, 0.1) is 17.6 Å². The van der Waals surface area contributed by atoms with Gasteiger partial charge >= 0.3 is 0 Å². The average molecular weight is 269 g/mol. The Bertz CT molecular complexity index is 445. The molecule has 0 bridgehead atoms. The summed E-state index contributed by atoms with van der Waals surface area (Å²) in [5.74, 6) is -1.33. The average Bonchev–Trinajstić information content (AvgIpc) is 2.83. The third-order valence-corrected chi connectivity index (χ3v) is 3.57. The van der Waals surface area contributed by atoms with Crippen LogP contribution in [0.2, 0.25) is 0 Å². The summed E-state index contributed by atoms with van der Waals surface area (Å²) in [5.41, 5.74) is -0.168. The summed E-state index contributed by atoms with van der Waals surface area (Å²) < 4.78 is 26.9. The summed E-state index contributed by atoms with van der Waals surface area (Å²) in [7, 11) is 0. The number of halogens is 2. The zero-order valence-electron chi connectivity index (χ0n) is 10.6. The van der Waals surface area contributed by atoms with Crippen molar-refractivity contribution in [2.45, 2.75) is 19.3 Å². The molecule has 3 nitrogen and oxygen atoms in total. The number of hydrogen-bond donors (Lipinski definition) is 1. The van der Waals surface area contributed by atoms with Crippen molar-refractivity contribution in [1.29, 1.82) is 0 Å². The van der Waals surface area contributed by atoms with Crippen molar-refractivity contribution in [3.63, 3.8) is 0 Å². The highest BCUT2D eigenvalue weighted by Crippen LogP contribution is 2.21. The van der Waals surface area contributed by atoms with Crippen molar-refractivity contribution in [3.8, 4) is 0 Å². The van der Waals surface area contributed by atoms with Crippen LogP contribution in [0.4, 0.5) is 8.78 Å². The Morgan fingerprint density at radius 2 is 2.05 bits per heavy atom. The van der Waals surface area contributed by atoms with E-state index in [0.717, 1.165) is 18.6 Å². The molecule has 19 heavy (non-hydrogen) atoms. The first-order chi connectivity index (χ1) is 9.11. The van der Waals surface area contributed by atoms with E-state index in [1.54, 1.807) is 4.90 Å². The van der Waals surface area contributed by atoms with Crippen LogP contribution in [-0.4, -0.2) is 35.6 Å². The van der Waals surface area contributed by atoms with Crippen molar-refractivity contribution in [3.05, 3.63) is 35.4 Å². The number of likely N-dealkylation sites (tertiary alicyclic amines) is 1. The van der Waals surface area contributed by atoms with Crippen molar-refractivity contribution < 1.29 is 18.7 Å². The van der Waals surface area contributed by atoms with E-state index in [1.807, 2.05) is 0 Å². The minimum atomic E-state index is -0.681. The molecule has 1 aliphatic rings. The van der Waals surface area contributed by atoms with Gasteiger partial charge < -0.3 is 10.0 Å². The van der Waals surface area contributed by atoms with Crippen LogP contribution in [0.5, 0.6) is 0 Å². The summed E-state index contributed by atoms with van der Waals surface area (Å²) in [4.78, 5) is 13.6. The number of aliphatic hydroxyl groups is 1. The second kappa shape index (κ2) is 6.10. The van der Waals surface area contributed by atoms with Crippen LogP contribution in [-0.2, 0) is 11.2 Å². The Kier molecular flexibility index (Phi) is 4.47. The van der Waals surface area contributed by atoms with Gasteiger partial charge in [-0.1, -0.05) is 6.07 Å². The van der Waals surface area contributed by atoms with E-state index in [9.17, 15) is 13.6 Å². The highest BCUT2D eigenvalue weighted by molar-refractivity contribution is 5.79. The summed E-state index contributed by atoms with van der Waals surface area (Å²) in [6, 6.07) is 3.60. The van der Waals surface area contributed by atoms with Gasteiger partial charge in [0.1, 0.15) is 11.6 Å². The summed E-state index contributed by atoms with van der Waals surface area (Å²) in [6.45, 7) is 1.27. The Morgan fingerprint density at radius 3 is 2.68 bits per heavy atom. The molecule has 1 saturated heterocycles. The fourth-order valence-corrected chi connectivity index (χ4v) is 2.44. The number of benzene rings is 1. The molecule has 104 valence electrons. The normalized spacial score (nSPS) is 18.9. The topological polar surface area (TPSA) is 40.5 Å². The molecule has 1 aromatic rings. The van der Waals surface area contributed by atoms with Gasteiger partial charge in [0.15, 0.2) is 0 Å². The molecule has 1 N–H and O–H groups in total. The Morgan fingerprint density at radius 1 is 1.37 bits per heavy atom. The molecule has 5 heteroatoms. The molecule has 1 heterocycles. The van der Waals surface area contributed by atoms with E-state index in [0.29, 0.717) is 25.4 Å². The van der Waals surface area contributed by atoms with Gasteiger partial charge in [0.25, 0.3) is 0 Å². The van der Waals surface area contributed by atoms with Crippen molar-refractivity contribution in [2.75, 3.05) is 19.7 Å². The molecule has 1 atom stereocenters. The third kappa shape index (κ3) is 3.29. The van der Waals surface area contributed by atoms with Gasteiger partial charge in [0.05, 0.1) is 6.42 Å². The standard InChI is InChI=1S/C14H17F2NO2/c15-12-2-1-3-13(16)11(12)8-14(19)17-6-4-10(9-17)5-7-18/h1-3,10,18H,4-9H2. The smallest absolute Gasteiger partial charge is 0.227 e. The van der Waals surface area contributed by atoms with Crippen molar-refractivity contribution >= 4 is 5.91 Å². The summed E-state index contributed by atoms with van der Waals surface area (Å²) in [6.07, 6.45) is 1.26. The van der Waals surface area contributed by atoms with Crippen LogP contribution in [0.15, 0.2) is 18.2 Å². The van der Waals surface area contributed by atoms with Crippen LogP contribution in [0.1, 0.15) is 18.4 Å². The maximum absolute atomic E-state index is 13.5. The van der Waals surface area contributed by atoms with Crippen LogP contribution in [0.3, 0.4) is 0 Å². The maximum atomic E-state index is 13.5. The van der Waals surface area contributed by atoms with Crippen LogP contribution in [0.25, 0.3) is 0 Å². The Labute approximate surface area is 110 Å².